The quantitative estimate of drug-likeness (QED) is 0.772. The van der Waals surface area contributed by atoms with Gasteiger partial charge in [0.2, 0.25) is 5.91 Å². The highest BCUT2D eigenvalue weighted by Gasteiger charge is 2.08. The summed E-state index contributed by atoms with van der Waals surface area (Å²) in [5, 5.41) is 6.34. The summed E-state index contributed by atoms with van der Waals surface area (Å²) < 4.78 is 0. The number of carbonyl (C=O) groups is 1. The number of nitrogens with one attached hydrogen (secondary N) is 2. The lowest BCUT2D eigenvalue weighted by molar-refractivity contribution is -0.116. The van der Waals surface area contributed by atoms with E-state index in [1.165, 1.54) is 5.56 Å². The number of carbonyl (C=O) groups excluding carboxylic acids is 1. The first-order valence-electron chi connectivity index (χ1n) is 7.01. The average Bonchev–Trinajstić information content (AvgIpc) is 2.29. The zero-order valence-corrected chi connectivity index (χ0v) is 12.8. The monoisotopic (exact) mass is 262 g/mol. The van der Waals surface area contributed by atoms with Gasteiger partial charge in [0.25, 0.3) is 0 Å². The second-order valence-corrected chi connectivity index (χ2v) is 5.53. The van der Waals surface area contributed by atoms with E-state index in [0.717, 1.165) is 29.8 Å². The molecule has 1 aromatic rings. The van der Waals surface area contributed by atoms with Crippen molar-refractivity contribution in [2.45, 2.75) is 53.5 Å². The van der Waals surface area contributed by atoms with E-state index >= 15 is 0 Å². The van der Waals surface area contributed by atoms with E-state index < -0.39 is 0 Å². The molecule has 0 fully saturated rings. The van der Waals surface area contributed by atoms with Crippen LogP contribution in [0.15, 0.2) is 12.1 Å². The molecule has 19 heavy (non-hydrogen) atoms. The molecule has 0 aliphatic carbocycles. The van der Waals surface area contributed by atoms with Crippen molar-refractivity contribution >= 4 is 11.6 Å². The van der Waals surface area contributed by atoms with Crippen LogP contribution in [0.1, 0.15) is 43.4 Å². The van der Waals surface area contributed by atoms with Crippen molar-refractivity contribution in [2.24, 2.45) is 0 Å². The number of rotatable bonds is 6. The van der Waals surface area contributed by atoms with Gasteiger partial charge in [0.05, 0.1) is 0 Å². The predicted octanol–water partition coefficient (Wildman–Crippen LogP) is 3.33. The maximum absolute atomic E-state index is 11.9. The third kappa shape index (κ3) is 5.43. The second kappa shape index (κ2) is 7.29. The number of benzene rings is 1. The van der Waals surface area contributed by atoms with Crippen LogP contribution in [0.25, 0.3) is 0 Å². The highest BCUT2D eigenvalue weighted by atomic mass is 16.1. The van der Waals surface area contributed by atoms with Crippen LogP contribution in [-0.4, -0.2) is 18.5 Å². The molecule has 0 aromatic heterocycles. The van der Waals surface area contributed by atoms with Gasteiger partial charge in [0.15, 0.2) is 0 Å². The van der Waals surface area contributed by atoms with Crippen molar-refractivity contribution in [3.8, 4) is 0 Å². The minimum absolute atomic E-state index is 0.0978. The first-order chi connectivity index (χ1) is 8.90. The van der Waals surface area contributed by atoms with Crippen molar-refractivity contribution in [1.29, 1.82) is 0 Å². The van der Waals surface area contributed by atoms with Crippen molar-refractivity contribution in [3.63, 3.8) is 0 Å². The molecule has 0 heterocycles. The topological polar surface area (TPSA) is 41.1 Å². The normalized spacial score (nSPS) is 10.8. The Morgan fingerprint density at radius 3 is 2.26 bits per heavy atom. The van der Waals surface area contributed by atoms with Gasteiger partial charge in [-0.25, -0.2) is 0 Å². The summed E-state index contributed by atoms with van der Waals surface area (Å²) >= 11 is 0. The molecule has 3 nitrogen and oxygen atoms in total. The average molecular weight is 262 g/mol. The number of aryl methyl sites for hydroxylation is 3. The Bertz CT molecular complexity index is 415. The van der Waals surface area contributed by atoms with E-state index in [1.54, 1.807) is 0 Å². The van der Waals surface area contributed by atoms with Crippen molar-refractivity contribution in [1.82, 2.24) is 5.32 Å². The lowest BCUT2D eigenvalue weighted by Gasteiger charge is -2.13. The number of amides is 1. The van der Waals surface area contributed by atoms with Crippen LogP contribution in [0.2, 0.25) is 0 Å². The fourth-order valence-corrected chi connectivity index (χ4v) is 2.22. The third-order valence-corrected chi connectivity index (χ3v) is 3.07. The Balaban J connectivity index is 2.49. The number of hydrogen-bond donors (Lipinski definition) is 2. The Labute approximate surface area is 116 Å². The second-order valence-electron chi connectivity index (χ2n) is 5.53. The minimum atomic E-state index is 0.0978. The van der Waals surface area contributed by atoms with Gasteiger partial charge in [-0.15, -0.1) is 0 Å². The fraction of sp³-hybridized carbons (Fsp3) is 0.562. The lowest BCUT2D eigenvalue weighted by Crippen LogP contribution is -2.24. The van der Waals surface area contributed by atoms with E-state index in [2.05, 4.69) is 43.5 Å². The fourth-order valence-electron chi connectivity index (χ4n) is 2.22. The van der Waals surface area contributed by atoms with Gasteiger partial charge in [-0.3, -0.25) is 4.79 Å². The summed E-state index contributed by atoms with van der Waals surface area (Å²) in [5.41, 5.74) is 4.46. The molecule has 1 aromatic carbocycles. The van der Waals surface area contributed by atoms with Crippen molar-refractivity contribution in [3.05, 3.63) is 28.8 Å². The molecule has 2 N–H and O–H groups in total. The van der Waals surface area contributed by atoms with Gasteiger partial charge in [-0.2, -0.15) is 0 Å². The zero-order valence-electron chi connectivity index (χ0n) is 12.8. The predicted molar refractivity (Wildman–Crippen MR) is 81.7 cm³/mol. The van der Waals surface area contributed by atoms with E-state index in [0.29, 0.717) is 12.5 Å². The molecule has 0 aliphatic rings. The van der Waals surface area contributed by atoms with Crippen LogP contribution in [-0.2, 0) is 4.79 Å². The van der Waals surface area contributed by atoms with Gasteiger partial charge >= 0.3 is 0 Å². The first kappa shape index (κ1) is 15.7. The zero-order chi connectivity index (χ0) is 14.4. The summed E-state index contributed by atoms with van der Waals surface area (Å²) in [5.74, 6) is 0.0978. The van der Waals surface area contributed by atoms with Crippen LogP contribution in [0.5, 0.6) is 0 Å². The van der Waals surface area contributed by atoms with E-state index in [4.69, 9.17) is 0 Å². The summed E-state index contributed by atoms with van der Waals surface area (Å²) in [7, 11) is 0. The van der Waals surface area contributed by atoms with Crippen LogP contribution in [0, 0.1) is 20.8 Å². The van der Waals surface area contributed by atoms with E-state index in [9.17, 15) is 4.79 Å². The Morgan fingerprint density at radius 1 is 1.16 bits per heavy atom. The third-order valence-electron chi connectivity index (χ3n) is 3.07. The molecule has 1 amide bonds. The maximum atomic E-state index is 11.9. The maximum Gasteiger partial charge on any atom is 0.224 e. The Hall–Kier alpha value is -1.35. The van der Waals surface area contributed by atoms with Gasteiger partial charge in [-0.1, -0.05) is 31.5 Å². The standard InChI is InChI=1S/C16H26N2O/c1-11(2)17-8-6-7-15(19)18-16-13(4)9-12(3)10-14(16)5/h9-11,17H,6-8H2,1-5H3,(H,18,19). The molecule has 0 bridgehead atoms. The molecule has 106 valence electrons. The van der Waals surface area contributed by atoms with Crippen LogP contribution in [0.3, 0.4) is 0 Å². The SMILES string of the molecule is Cc1cc(C)c(NC(=O)CCCNC(C)C)c(C)c1. The van der Waals surface area contributed by atoms with E-state index in [1.807, 2.05) is 13.8 Å². The first-order valence-corrected chi connectivity index (χ1v) is 7.01. The molecule has 0 spiro atoms. The summed E-state index contributed by atoms with van der Waals surface area (Å²) in [6.45, 7) is 11.3. The molecule has 0 atom stereocenters. The molecule has 0 unspecified atom stereocenters. The molecule has 0 saturated carbocycles. The molecule has 0 aliphatic heterocycles. The lowest BCUT2D eigenvalue weighted by atomic mass is 10.0. The number of hydrogen-bond acceptors (Lipinski definition) is 2. The summed E-state index contributed by atoms with van der Waals surface area (Å²) in [6.07, 6.45) is 1.43. The highest BCUT2D eigenvalue weighted by Crippen LogP contribution is 2.22. The van der Waals surface area contributed by atoms with Gasteiger partial charge in [-0.05, 0) is 44.9 Å². The van der Waals surface area contributed by atoms with Gasteiger partial charge in [0.1, 0.15) is 0 Å². The molecule has 3 heteroatoms. The smallest absolute Gasteiger partial charge is 0.224 e. The summed E-state index contributed by atoms with van der Waals surface area (Å²) in [6, 6.07) is 4.68. The van der Waals surface area contributed by atoms with Crippen LogP contribution in [0.4, 0.5) is 5.69 Å². The van der Waals surface area contributed by atoms with Crippen LogP contribution < -0.4 is 10.6 Å². The number of anilines is 1. The van der Waals surface area contributed by atoms with Crippen molar-refractivity contribution < 1.29 is 4.79 Å². The minimum Gasteiger partial charge on any atom is -0.326 e. The molecule has 1 rings (SSSR count). The van der Waals surface area contributed by atoms with Crippen molar-refractivity contribution in [2.75, 3.05) is 11.9 Å². The van der Waals surface area contributed by atoms with Gasteiger partial charge in [0, 0.05) is 18.2 Å². The molecule has 0 saturated heterocycles. The Morgan fingerprint density at radius 2 is 1.74 bits per heavy atom. The molecule has 0 radical (unpaired) electrons. The van der Waals surface area contributed by atoms with Gasteiger partial charge < -0.3 is 10.6 Å². The highest BCUT2D eigenvalue weighted by molar-refractivity contribution is 5.92. The van der Waals surface area contributed by atoms with Crippen LogP contribution >= 0.6 is 0 Å². The largest absolute Gasteiger partial charge is 0.326 e. The Kier molecular flexibility index (Phi) is 6.03. The summed E-state index contributed by atoms with van der Waals surface area (Å²) in [4.78, 5) is 11.9. The van der Waals surface area contributed by atoms with E-state index in [-0.39, 0.29) is 5.91 Å². The molecular weight excluding hydrogens is 236 g/mol. The molecular formula is C16H26N2O.